The molecule has 0 heterocycles. The number of aliphatic hydroxyl groups excluding tert-OH is 1. The van der Waals surface area contributed by atoms with Crippen molar-refractivity contribution in [2.75, 3.05) is 0 Å². The molecule has 0 spiro atoms. The molecule has 12 heavy (non-hydrogen) atoms. The molecule has 2 heteroatoms. The predicted octanol–water partition coefficient (Wildman–Crippen LogP) is 2.11. The van der Waals surface area contributed by atoms with Crippen molar-refractivity contribution < 1.29 is 5.11 Å². The fourth-order valence-corrected chi connectivity index (χ4v) is 1.20. The van der Waals surface area contributed by atoms with Crippen LogP contribution in [0.1, 0.15) is 12.5 Å². The molecule has 1 N–H and O–H groups in total. The van der Waals surface area contributed by atoms with Crippen LogP contribution in [-0.2, 0) is 6.42 Å². The third kappa shape index (κ3) is 2.88. The summed E-state index contributed by atoms with van der Waals surface area (Å²) in [5.41, 5.74) is 0.725. The Kier molecular flexibility index (Phi) is 3.63. The molecule has 0 aliphatic carbocycles. The minimum absolute atomic E-state index is 0.204. The molecule has 0 radical (unpaired) electrons. The van der Waals surface area contributed by atoms with E-state index in [2.05, 4.69) is 24.8 Å². The lowest BCUT2D eigenvalue weighted by Crippen LogP contribution is -2.12. The molecule has 66 valence electrons. The minimum Gasteiger partial charge on any atom is -0.382 e. The Bertz CT molecular complexity index is 221. The second-order valence-corrected chi connectivity index (χ2v) is 3.61. The molecule has 1 rings (SSSR count). The smallest absolute Gasteiger partial charge is 0.0993 e. The molecular formula is C10H14OS. The normalized spacial score (nSPS) is 15.6. The summed E-state index contributed by atoms with van der Waals surface area (Å²) in [5, 5.41) is 9.15. The highest BCUT2D eigenvalue weighted by Crippen LogP contribution is 2.13. The second-order valence-electron chi connectivity index (χ2n) is 3.08. The van der Waals surface area contributed by atoms with Crippen LogP contribution in [0, 0.1) is 5.92 Å². The highest BCUT2D eigenvalue weighted by molar-refractivity contribution is 7.80. The second kappa shape index (κ2) is 4.53. The van der Waals surface area contributed by atoms with Gasteiger partial charge in [-0.05, 0) is 17.9 Å². The van der Waals surface area contributed by atoms with Gasteiger partial charge in [-0.3, -0.25) is 0 Å². The van der Waals surface area contributed by atoms with Crippen molar-refractivity contribution in [3.8, 4) is 0 Å². The minimum atomic E-state index is -0.523. The van der Waals surface area contributed by atoms with E-state index in [1.807, 2.05) is 25.1 Å². The average Bonchev–Trinajstić information content (AvgIpc) is 2.06. The first-order chi connectivity index (χ1) is 5.70. The van der Waals surface area contributed by atoms with Crippen molar-refractivity contribution in [3.63, 3.8) is 0 Å². The molecule has 2 unspecified atom stereocenters. The number of hydrogen-bond donors (Lipinski definition) is 2. The van der Waals surface area contributed by atoms with Gasteiger partial charge in [0, 0.05) is 0 Å². The average molecular weight is 182 g/mol. The molecule has 2 atom stereocenters. The van der Waals surface area contributed by atoms with Crippen LogP contribution in [0.3, 0.4) is 0 Å². The van der Waals surface area contributed by atoms with Crippen molar-refractivity contribution in [1.29, 1.82) is 0 Å². The Morgan fingerprint density at radius 3 is 2.42 bits per heavy atom. The van der Waals surface area contributed by atoms with E-state index < -0.39 is 5.44 Å². The van der Waals surface area contributed by atoms with Gasteiger partial charge in [0.1, 0.15) is 0 Å². The number of aliphatic hydroxyl groups is 1. The van der Waals surface area contributed by atoms with Gasteiger partial charge in [-0.15, -0.1) is 12.6 Å². The SMILES string of the molecule is CC(Cc1ccccc1)C(O)S. The summed E-state index contributed by atoms with van der Waals surface area (Å²) in [6.07, 6.45) is 0.880. The van der Waals surface area contributed by atoms with Crippen LogP contribution in [0.15, 0.2) is 30.3 Å². The first-order valence-corrected chi connectivity index (χ1v) is 4.62. The Labute approximate surface area is 78.8 Å². The zero-order chi connectivity index (χ0) is 8.97. The molecular weight excluding hydrogens is 168 g/mol. The van der Waals surface area contributed by atoms with E-state index in [1.165, 1.54) is 5.56 Å². The quantitative estimate of drug-likeness (QED) is 0.542. The highest BCUT2D eigenvalue weighted by atomic mass is 32.1. The van der Waals surface area contributed by atoms with Gasteiger partial charge in [0.15, 0.2) is 0 Å². The van der Waals surface area contributed by atoms with Gasteiger partial charge in [0.2, 0.25) is 0 Å². The van der Waals surface area contributed by atoms with E-state index in [0.29, 0.717) is 0 Å². The van der Waals surface area contributed by atoms with Crippen LogP contribution < -0.4 is 0 Å². The first-order valence-electron chi connectivity index (χ1n) is 4.10. The molecule has 0 bridgehead atoms. The molecule has 1 aromatic rings. The van der Waals surface area contributed by atoms with Gasteiger partial charge in [0.05, 0.1) is 5.44 Å². The molecule has 0 saturated heterocycles. The third-order valence-corrected chi connectivity index (χ3v) is 2.42. The molecule has 0 saturated carbocycles. The fourth-order valence-electron chi connectivity index (χ4n) is 1.09. The highest BCUT2D eigenvalue weighted by Gasteiger charge is 2.09. The lowest BCUT2D eigenvalue weighted by atomic mass is 10.0. The first kappa shape index (κ1) is 9.62. The summed E-state index contributed by atoms with van der Waals surface area (Å²) < 4.78 is 0. The van der Waals surface area contributed by atoms with Gasteiger partial charge in [-0.1, -0.05) is 37.3 Å². The summed E-state index contributed by atoms with van der Waals surface area (Å²) >= 11 is 3.98. The Balaban J connectivity index is 2.53. The Morgan fingerprint density at radius 2 is 1.92 bits per heavy atom. The van der Waals surface area contributed by atoms with Gasteiger partial charge >= 0.3 is 0 Å². The molecule has 0 fully saturated rings. The van der Waals surface area contributed by atoms with Crippen molar-refractivity contribution in [2.24, 2.45) is 5.92 Å². The number of thiol groups is 1. The number of benzene rings is 1. The van der Waals surface area contributed by atoms with Crippen molar-refractivity contribution in [3.05, 3.63) is 35.9 Å². The Hall–Kier alpha value is -0.470. The number of hydrogen-bond acceptors (Lipinski definition) is 2. The van der Waals surface area contributed by atoms with E-state index >= 15 is 0 Å². The molecule has 1 aromatic carbocycles. The summed E-state index contributed by atoms with van der Waals surface area (Å²) in [5.74, 6) is 0.204. The van der Waals surface area contributed by atoms with Gasteiger partial charge in [-0.2, -0.15) is 0 Å². The molecule has 0 amide bonds. The molecule has 0 aliphatic rings. The number of rotatable bonds is 3. The van der Waals surface area contributed by atoms with E-state index in [1.54, 1.807) is 0 Å². The maximum atomic E-state index is 9.15. The standard InChI is InChI=1S/C10H14OS/c1-8(10(11)12)7-9-5-3-2-4-6-9/h2-6,8,10-12H,7H2,1H3. The molecule has 0 aliphatic heterocycles. The van der Waals surface area contributed by atoms with Crippen LogP contribution in [0.2, 0.25) is 0 Å². The summed E-state index contributed by atoms with van der Waals surface area (Å²) in [6, 6.07) is 10.1. The van der Waals surface area contributed by atoms with E-state index in [-0.39, 0.29) is 5.92 Å². The summed E-state index contributed by atoms with van der Waals surface area (Å²) in [6.45, 7) is 1.99. The van der Waals surface area contributed by atoms with Crippen molar-refractivity contribution in [2.45, 2.75) is 18.8 Å². The fraction of sp³-hybridized carbons (Fsp3) is 0.400. The van der Waals surface area contributed by atoms with Gasteiger partial charge < -0.3 is 5.11 Å². The molecule has 0 aromatic heterocycles. The van der Waals surface area contributed by atoms with Crippen LogP contribution in [0.4, 0.5) is 0 Å². The lowest BCUT2D eigenvalue weighted by molar-refractivity contribution is 0.203. The van der Waals surface area contributed by atoms with Crippen LogP contribution in [0.25, 0.3) is 0 Å². The molecule has 1 nitrogen and oxygen atoms in total. The monoisotopic (exact) mass is 182 g/mol. The Morgan fingerprint density at radius 1 is 1.33 bits per heavy atom. The van der Waals surface area contributed by atoms with Gasteiger partial charge in [-0.25, -0.2) is 0 Å². The largest absolute Gasteiger partial charge is 0.382 e. The predicted molar refractivity (Wildman–Crippen MR) is 54.3 cm³/mol. The topological polar surface area (TPSA) is 20.2 Å². The summed E-state index contributed by atoms with van der Waals surface area (Å²) in [4.78, 5) is 0. The van der Waals surface area contributed by atoms with Crippen LogP contribution >= 0.6 is 12.6 Å². The maximum absolute atomic E-state index is 9.15. The van der Waals surface area contributed by atoms with E-state index in [9.17, 15) is 0 Å². The van der Waals surface area contributed by atoms with Gasteiger partial charge in [0.25, 0.3) is 0 Å². The lowest BCUT2D eigenvalue weighted by Gasteiger charge is -2.13. The van der Waals surface area contributed by atoms with E-state index in [0.717, 1.165) is 6.42 Å². The third-order valence-electron chi connectivity index (χ3n) is 1.91. The van der Waals surface area contributed by atoms with Crippen LogP contribution in [0.5, 0.6) is 0 Å². The van der Waals surface area contributed by atoms with Crippen molar-refractivity contribution >= 4 is 12.6 Å². The maximum Gasteiger partial charge on any atom is 0.0993 e. The van der Waals surface area contributed by atoms with Crippen LogP contribution in [-0.4, -0.2) is 10.5 Å². The zero-order valence-corrected chi connectivity index (χ0v) is 8.04. The summed E-state index contributed by atoms with van der Waals surface area (Å²) in [7, 11) is 0. The van der Waals surface area contributed by atoms with Crippen molar-refractivity contribution in [1.82, 2.24) is 0 Å². The zero-order valence-electron chi connectivity index (χ0n) is 7.14. The van der Waals surface area contributed by atoms with E-state index in [4.69, 9.17) is 5.11 Å².